The summed E-state index contributed by atoms with van der Waals surface area (Å²) in [6.07, 6.45) is -0.131. The molecule has 0 bridgehead atoms. The SMILES string of the molecule is COC(=O)c1ccc(NC(=O)C[C@H]2C(=O)N(c3ccccc3)C(=S)N2Cc2ccc(OC)c(OC)c2)cc1. The fourth-order valence-corrected chi connectivity index (χ4v) is 4.59. The quantitative estimate of drug-likeness (QED) is 0.325. The number of thiocarbonyl (C=S) groups is 1. The smallest absolute Gasteiger partial charge is 0.337 e. The van der Waals surface area contributed by atoms with Gasteiger partial charge in [0.1, 0.15) is 6.04 Å². The predicted octanol–water partition coefficient (Wildman–Crippen LogP) is 4.02. The Morgan fingerprint density at radius 2 is 1.61 bits per heavy atom. The number of para-hydroxylation sites is 1. The topological polar surface area (TPSA) is 97.4 Å². The molecule has 0 spiro atoms. The fraction of sp³-hybridized carbons (Fsp3) is 0.214. The van der Waals surface area contributed by atoms with Crippen LogP contribution in [0.2, 0.25) is 0 Å². The third-order valence-electron chi connectivity index (χ3n) is 6.10. The number of ether oxygens (including phenoxy) is 3. The second kappa shape index (κ2) is 11.7. The van der Waals surface area contributed by atoms with Crippen molar-refractivity contribution in [3.63, 3.8) is 0 Å². The second-order valence-electron chi connectivity index (χ2n) is 8.45. The molecule has 4 rings (SSSR count). The van der Waals surface area contributed by atoms with Gasteiger partial charge in [0.15, 0.2) is 16.6 Å². The molecule has 10 heteroatoms. The third-order valence-corrected chi connectivity index (χ3v) is 6.52. The lowest BCUT2D eigenvalue weighted by molar-refractivity contribution is -0.124. The molecule has 0 saturated carbocycles. The largest absolute Gasteiger partial charge is 0.493 e. The van der Waals surface area contributed by atoms with Crippen LogP contribution in [-0.4, -0.2) is 55.2 Å². The number of hydrogen-bond donors (Lipinski definition) is 1. The number of methoxy groups -OCH3 is 3. The van der Waals surface area contributed by atoms with E-state index in [1.165, 1.54) is 12.0 Å². The molecule has 1 saturated heterocycles. The van der Waals surface area contributed by atoms with Crippen LogP contribution in [0.3, 0.4) is 0 Å². The van der Waals surface area contributed by atoms with Crippen LogP contribution in [0.5, 0.6) is 11.5 Å². The van der Waals surface area contributed by atoms with Gasteiger partial charge in [0.2, 0.25) is 5.91 Å². The molecule has 1 fully saturated rings. The molecular formula is C28H27N3O6S. The summed E-state index contributed by atoms with van der Waals surface area (Å²) >= 11 is 5.74. The molecule has 0 unspecified atom stereocenters. The van der Waals surface area contributed by atoms with Crippen molar-refractivity contribution < 1.29 is 28.6 Å². The summed E-state index contributed by atoms with van der Waals surface area (Å²) < 4.78 is 15.4. The maximum atomic E-state index is 13.6. The lowest BCUT2D eigenvalue weighted by Crippen LogP contribution is -2.37. The van der Waals surface area contributed by atoms with Crippen LogP contribution in [0.1, 0.15) is 22.3 Å². The molecule has 1 N–H and O–H groups in total. The van der Waals surface area contributed by atoms with Crippen LogP contribution >= 0.6 is 12.2 Å². The fourth-order valence-electron chi connectivity index (χ4n) is 4.20. The monoisotopic (exact) mass is 533 g/mol. The Balaban J connectivity index is 1.58. The Morgan fingerprint density at radius 3 is 2.24 bits per heavy atom. The van der Waals surface area contributed by atoms with Crippen molar-refractivity contribution in [3.8, 4) is 11.5 Å². The summed E-state index contributed by atoms with van der Waals surface area (Å²) in [5.74, 6) is -0.00996. The predicted molar refractivity (Wildman–Crippen MR) is 146 cm³/mol. The van der Waals surface area contributed by atoms with E-state index in [4.69, 9.17) is 26.4 Å². The molecule has 196 valence electrons. The van der Waals surface area contributed by atoms with Crippen LogP contribution in [0, 0.1) is 0 Å². The number of carbonyl (C=O) groups is 3. The molecule has 0 aliphatic carbocycles. The second-order valence-corrected chi connectivity index (χ2v) is 8.81. The molecule has 2 amide bonds. The maximum absolute atomic E-state index is 13.6. The number of esters is 1. The molecule has 38 heavy (non-hydrogen) atoms. The zero-order valence-electron chi connectivity index (χ0n) is 21.2. The third kappa shape index (κ3) is 5.60. The van der Waals surface area contributed by atoms with E-state index in [0.29, 0.717) is 33.5 Å². The summed E-state index contributed by atoms with van der Waals surface area (Å²) in [4.78, 5) is 41.5. The van der Waals surface area contributed by atoms with Crippen molar-refractivity contribution in [2.24, 2.45) is 0 Å². The highest BCUT2D eigenvalue weighted by atomic mass is 32.1. The van der Waals surface area contributed by atoms with E-state index >= 15 is 0 Å². The normalized spacial score (nSPS) is 14.9. The zero-order chi connectivity index (χ0) is 27.2. The van der Waals surface area contributed by atoms with E-state index in [1.54, 1.807) is 61.6 Å². The number of anilines is 2. The van der Waals surface area contributed by atoms with Gasteiger partial charge in [-0.05, 0) is 66.3 Å². The van der Waals surface area contributed by atoms with E-state index in [0.717, 1.165) is 5.56 Å². The van der Waals surface area contributed by atoms with E-state index in [2.05, 4.69) is 5.32 Å². The summed E-state index contributed by atoms with van der Waals surface area (Å²) in [7, 11) is 4.41. The number of carbonyl (C=O) groups excluding carboxylic acids is 3. The van der Waals surface area contributed by atoms with Gasteiger partial charge in [-0.1, -0.05) is 24.3 Å². The van der Waals surface area contributed by atoms with Gasteiger partial charge in [-0.25, -0.2) is 4.79 Å². The summed E-state index contributed by atoms with van der Waals surface area (Å²) in [6.45, 7) is 0.278. The Morgan fingerprint density at radius 1 is 0.921 bits per heavy atom. The molecule has 9 nitrogen and oxygen atoms in total. The van der Waals surface area contributed by atoms with Crippen LogP contribution < -0.4 is 19.7 Å². The minimum absolute atomic E-state index is 0.131. The Labute approximate surface area is 225 Å². The first-order valence-electron chi connectivity index (χ1n) is 11.7. The lowest BCUT2D eigenvalue weighted by Gasteiger charge is -2.24. The standard InChI is InChI=1S/C28H27N3O6S/c1-35-23-14-9-18(15-24(23)36-2)17-30-22(26(33)31(28(30)38)21-7-5-4-6-8-21)16-25(32)29-20-12-10-19(11-13-20)27(34)37-3/h4-15,22H,16-17H2,1-3H3,(H,29,32)/t22-/m0/s1. The van der Waals surface area contributed by atoms with Gasteiger partial charge < -0.3 is 24.4 Å². The molecule has 1 aliphatic heterocycles. The average molecular weight is 534 g/mol. The number of nitrogens with one attached hydrogen (secondary N) is 1. The zero-order valence-corrected chi connectivity index (χ0v) is 22.0. The minimum atomic E-state index is -0.829. The van der Waals surface area contributed by atoms with E-state index < -0.39 is 12.0 Å². The first-order chi connectivity index (χ1) is 18.4. The highest BCUT2D eigenvalue weighted by Crippen LogP contribution is 2.32. The van der Waals surface area contributed by atoms with Gasteiger partial charge >= 0.3 is 5.97 Å². The molecule has 0 radical (unpaired) electrons. The average Bonchev–Trinajstić information content (AvgIpc) is 3.17. The molecule has 0 aromatic heterocycles. The molecule has 3 aromatic carbocycles. The van der Waals surface area contributed by atoms with Gasteiger partial charge in [-0.2, -0.15) is 0 Å². The van der Waals surface area contributed by atoms with Gasteiger partial charge in [0.25, 0.3) is 5.91 Å². The van der Waals surface area contributed by atoms with Gasteiger partial charge in [0.05, 0.1) is 39.0 Å². The van der Waals surface area contributed by atoms with Crippen molar-refractivity contribution in [1.82, 2.24) is 4.90 Å². The van der Waals surface area contributed by atoms with Crippen LogP contribution in [0.25, 0.3) is 0 Å². The number of amides is 2. The highest BCUT2D eigenvalue weighted by Gasteiger charge is 2.44. The van der Waals surface area contributed by atoms with E-state index in [-0.39, 0.29) is 24.8 Å². The minimum Gasteiger partial charge on any atom is -0.493 e. The van der Waals surface area contributed by atoms with Crippen molar-refractivity contribution in [1.29, 1.82) is 0 Å². The number of benzene rings is 3. The lowest BCUT2D eigenvalue weighted by atomic mass is 10.1. The molecule has 1 aliphatic rings. The summed E-state index contributed by atoms with van der Waals surface area (Å²) in [5, 5.41) is 3.09. The molecular weight excluding hydrogens is 506 g/mol. The molecule has 3 aromatic rings. The van der Waals surface area contributed by atoms with Gasteiger partial charge in [-0.15, -0.1) is 0 Å². The number of rotatable bonds is 9. The first kappa shape index (κ1) is 26.6. The number of hydrogen-bond acceptors (Lipinski definition) is 7. The number of nitrogens with zero attached hydrogens (tertiary/aromatic N) is 2. The molecule has 1 heterocycles. The van der Waals surface area contributed by atoms with Crippen molar-refractivity contribution in [2.45, 2.75) is 19.0 Å². The Bertz CT molecular complexity index is 1350. The van der Waals surface area contributed by atoms with E-state index in [9.17, 15) is 14.4 Å². The van der Waals surface area contributed by atoms with Gasteiger partial charge in [0, 0.05) is 12.2 Å². The Hall–Kier alpha value is -4.44. The van der Waals surface area contributed by atoms with Crippen LogP contribution in [0.15, 0.2) is 72.8 Å². The molecule has 1 atom stereocenters. The highest BCUT2D eigenvalue weighted by molar-refractivity contribution is 7.80. The van der Waals surface area contributed by atoms with Crippen molar-refractivity contribution >= 4 is 46.5 Å². The van der Waals surface area contributed by atoms with Crippen LogP contribution in [0.4, 0.5) is 11.4 Å². The Kier molecular flexibility index (Phi) is 8.22. The van der Waals surface area contributed by atoms with Crippen molar-refractivity contribution in [2.75, 3.05) is 31.5 Å². The van der Waals surface area contributed by atoms with E-state index in [1.807, 2.05) is 30.3 Å². The summed E-state index contributed by atoms with van der Waals surface area (Å²) in [6, 6.07) is 20.0. The maximum Gasteiger partial charge on any atom is 0.337 e. The summed E-state index contributed by atoms with van der Waals surface area (Å²) in [5.41, 5.74) is 2.31. The van der Waals surface area contributed by atoms with Gasteiger partial charge in [-0.3, -0.25) is 14.5 Å². The van der Waals surface area contributed by atoms with Crippen LogP contribution in [-0.2, 0) is 20.9 Å². The first-order valence-corrected chi connectivity index (χ1v) is 12.2. The van der Waals surface area contributed by atoms with Crippen molar-refractivity contribution in [3.05, 3.63) is 83.9 Å².